The normalized spacial score (nSPS) is 14.1. The van der Waals surface area contributed by atoms with Crippen molar-refractivity contribution >= 4 is 110 Å². The second-order valence-corrected chi connectivity index (χ2v) is 21.6. The molecule has 4 aromatic carbocycles. The van der Waals surface area contributed by atoms with Crippen LogP contribution in [0.1, 0.15) is 76.6 Å². The summed E-state index contributed by atoms with van der Waals surface area (Å²) in [5.41, 5.74) is 9.48. The zero-order valence-corrected chi connectivity index (χ0v) is 49.1. The Hall–Kier alpha value is -10.0. The second-order valence-electron chi connectivity index (χ2n) is 21.3. The molecule has 2 aliphatic heterocycles. The quantitative estimate of drug-likeness (QED) is 0.0178. The number of phenols is 1. The number of likely N-dealkylation sites (N-methyl/N-ethyl adjacent to an activating group) is 2. The highest BCUT2D eigenvalue weighted by Gasteiger charge is 2.37. The van der Waals surface area contributed by atoms with Gasteiger partial charge < -0.3 is 66.0 Å². The van der Waals surface area contributed by atoms with E-state index in [0.29, 0.717) is 38.8 Å². The first-order valence-electron chi connectivity index (χ1n) is 27.9. The number of benzene rings is 4. The van der Waals surface area contributed by atoms with Gasteiger partial charge in [0.2, 0.25) is 5.91 Å². The average Bonchev–Trinajstić information content (AvgIpc) is 1.70. The molecule has 0 radical (unpaired) electrons. The minimum absolute atomic E-state index is 0.0219. The van der Waals surface area contributed by atoms with E-state index in [4.69, 9.17) is 31.5 Å². The number of anilines is 3. The number of primary amides is 1. The van der Waals surface area contributed by atoms with Gasteiger partial charge >= 0.3 is 24.3 Å². The first kappa shape index (κ1) is 63.0. The van der Waals surface area contributed by atoms with Crippen molar-refractivity contribution in [2.24, 2.45) is 17.6 Å². The zero-order chi connectivity index (χ0) is 62.6. The highest BCUT2D eigenvalue weighted by molar-refractivity contribution is 6.20. The summed E-state index contributed by atoms with van der Waals surface area (Å²) >= 11 is 6.60. The number of ketones is 1. The summed E-state index contributed by atoms with van der Waals surface area (Å²) < 4.78 is 16.8. The molecule has 0 aliphatic carbocycles. The first-order valence-corrected chi connectivity index (χ1v) is 28.4. The molecule has 0 saturated carbocycles. The van der Waals surface area contributed by atoms with Crippen molar-refractivity contribution < 1.29 is 67.3 Å². The molecule has 0 unspecified atom stereocenters. The molecule has 10 amide bonds. The highest BCUT2D eigenvalue weighted by Crippen LogP contribution is 2.47. The van der Waals surface area contributed by atoms with Crippen LogP contribution in [0.15, 0.2) is 103 Å². The largest absolute Gasteiger partial charge is 0.508 e. The molecule has 2 aliphatic rings. The number of alkyl carbamates (subject to hydrolysis) is 1. The number of aromatic hydroxyl groups is 1. The van der Waals surface area contributed by atoms with E-state index in [-0.39, 0.29) is 106 Å². The van der Waals surface area contributed by atoms with E-state index in [0.717, 1.165) is 33.6 Å². The lowest BCUT2D eigenvalue weighted by atomic mass is 9.89. The number of amides is 10. The summed E-state index contributed by atoms with van der Waals surface area (Å²) in [5, 5.41) is 22.2. The number of aryl methyl sites for hydroxylation is 1. The lowest BCUT2D eigenvalue weighted by Crippen LogP contribution is -2.46. The number of nitrogens with zero attached hydrogens (tertiary/aromatic N) is 5. The number of aromatic amines is 1. The Morgan fingerprint density at radius 3 is 2.26 bits per heavy atom. The predicted molar refractivity (Wildman–Crippen MR) is 321 cm³/mol. The standard InChI is InChI=1S/C61H66ClN11O14/c1-34(2)54(69-59(82)85-25-24-72-50(76)19-20-51(72)77)47(75)27-38(9-7-21-64-58(63)81)56(79)66-41-15-11-36(12-16-41)33-86-60(83)70(4)22-23-71(5)61(84)87-48-29-46-53(52-35(3)8-6-10-43(48)52)40(30-62)32-73(46)57(80)44-26-39-28-49(65-31-45(39)67-44)68-55(78)37-13-17-42(74)18-14-37/h6,8,10-20,26,28-29,31,34,38,40,54,67,74H,7,9,21-25,27,30,32-33H2,1-5H3,(H,66,79)(H,69,82)(H3,63,64,81)(H,65,68,78)/t38-,40-,54+/m1/s1. The smallest absolute Gasteiger partial charge is 0.415 e. The van der Waals surface area contributed by atoms with Crippen molar-refractivity contribution in [2.75, 3.05) is 74.8 Å². The van der Waals surface area contributed by atoms with Crippen LogP contribution in [0.2, 0.25) is 0 Å². The maximum atomic E-state index is 14.5. The van der Waals surface area contributed by atoms with Crippen molar-refractivity contribution in [1.82, 2.24) is 35.3 Å². The third-order valence-electron chi connectivity index (χ3n) is 14.7. The first-order chi connectivity index (χ1) is 41.6. The number of alkyl halides is 1. The number of rotatable bonds is 24. The highest BCUT2D eigenvalue weighted by atomic mass is 35.5. The van der Waals surface area contributed by atoms with Gasteiger partial charge in [-0.05, 0) is 96.3 Å². The summed E-state index contributed by atoms with van der Waals surface area (Å²) in [4.78, 5) is 142. The molecule has 26 heteroatoms. The lowest BCUT2D eigenvalue weighted by Gasteiger charge is -2.24. The number of hydrogen-bond donors (Lipinski definition) is 7. The SMILES string of the molecule is Cc1cccc2c(OC(=O)N(C)CCN(C)C(=O)OCc3ccc(NC(=O)[C@H](CCCNC(N)=O)CC(=O)[C@@H](NC(=O)OCCN4C(=O)C=CC4=O)C(C)C)cc3)cc3c(c12)[C@H](CCl)CN3C(=O)c1cc2cc(NC(=O)c3ccc(O)cc3)ncc2[nH]1. The van der Waals surface area contributed by atoms with Gasteiger partial charge in [-0.2, -0.15) is 0 Å². The summed E-state index contributed by atoms with van der Waals surface area (Å²) in [7, 11) is 3.03. The maximum absolute atomic E-state index is 14.5. The number of ether oxygens (including phenoxy) is 3. The van der Waals surface area contributed by atoms with Crippen molar-refractivity contribution in [3.05, 3.63) is 131 Å². The van der Waals surface area contributed by atoms with Gasteiger partial charge in [0.15, 0.2) is 5.78 Å². The van der Waals surface area contributed by atoms with Gasteiger partial charge in [-0.3, -0.25) is 33.7 Å². The Morgan fingerprint density at radius 1 is 0.885 bits per heavy atom. The van der Waals surface area contributed by atoms with Gasteiger partial charge in [0.25, 0.3) is 23.6 Å². The molecule has 6 aromatic rings. The predicted octanol–water partition coefficient (Wildman–Crippen LogP) is 7.30. The molecule has 4 heterocycles. The van der Waals surface area contributed by atoms with Crippen LogP contribution in [0.3, 0.4) is 0 Å². The fraction of sp³-hybridized carbons (Fsp3) is 0.328. The third kappa shape index (κ3) is 15.6. The van der Waals surface area contributed by atoms with E-state index in [2.05, 4.69) is 31.2 Å². The molecule has 0 fully saturated rings. The Morgan fingerprint density at radius 2 is 1.59 bits per heavy atom. The number of halogens is 1. The van der Waals surface area contributed by atoms with Gasteiger partial charge in [-0.15, -0.1) is 11.6 Å². The third-order valence-corrected chi connectivity index (χ3v) is 15.1. The molecule has 0 spiro atoms. The number of aromatic nitrogens is 2. The van der Waals surface area contributed by atoms with Crippen LogP contribution in [0.4, 0.5) is 36.4 Å². The van der Waals surface area contributed by atoms with Crippen LogP contribution >= 0.6 is 11.6 Å². The number of pyridine rings is 1. The van der Waals surface area contributed by atoms with Gasteiger partial charge in [0, 0.05) is 105 Å². The van der Waals surface area contributed by atoms with Crippen molar-refractivity contribution in [3.63, 3.8) is 0 Å². The molecule has 456 valence electrons. The van der Waals surface area contributed by atoms with Crippen molar-refractivity contribution in [3.8, 4) is 11.5 Å². The fourth-order valence-electron chi connectivity index (χ4n) is 10.0. The minimum atomic E-state index is -1.06. The van der Waals surface area contributed by atoms with Gasteiger partial charge in [0.1, 0.15) is 36.2 Å². The summed E-state index contributed by atoms with van der Waals surface area (Å²) in [6.45, 7) is 5.16. The topological polar surface area (TPSA) is 334 Å². The molecular weight excluding hydrogens is 1150 g/mol. The average molecular weight is 1210 g/mol. The number of fused-ring (bicyclic) bond motifs is 4. The fourth-order valence-corrected chi connectivity index (χ4v) is 10.3. The number of hydrogen-bond acceptors (Lipinski definition) is 15. The number of nitrogens with two attached hydrogens (primary N) is 1. The monoisotopic (exact) mass is 1210 g/mol. The van der Waals surface area contributed by atoms with Crippen LogP contribution in [-0.4, -0.2) is 155 Å². The van der Waals surface area contributed by atoms with E-state index in [9.17, 15) is 53.1 Å². The second kappa shape index (κ2) is 28.2. The van der Waals surface area contributed by atoms with Crippen LogP contribution < -0.4 is 36.6 Å². The molecule has 87 heavy (non-hydrogen) atoms. The van der Waals surface area contributed by atoms with Crippen LogP contribution in [0.25, 0.3) is 21.7 Å². The van der Waals surface area contributed by atoms with E-state index in [1.807, 2.05) is 25.1 Å². The minimum Gasteiger partial charge on any atom is -0.508 e. The molecule has 2 aromatic heterocycles. The number of nitrogens with one attached hydrogen (secondary N) is 5. The number of carbonyl (C=O) groups excluding carboxylic acids is 10. The van der Waals surface area contributed by atoms with E-state index in [1.165, 1.54) is 54.4 Å². The van der Waals surface area contributed by atoms with Crippen LogP contribution in [-0.2, 0) is 35.3 Å². The maximum Gasteiger partial charge on any atom is 0.415 e. The van der Waals surface area contributed by atoms with Crippen LogP contribution in [0, 0.1) is 18.8 Å². The Labute approximate surface area is 504 Å². The Kier molecular flexibility index (Phi) is 20.4. The zero-order valence-electron chi connectivity index (χ0n) is 48.3. The number of H-pyrrole nitrogens is 1. The van der Waals surface area contributed by atoms with Gasteiger partial charge in [0.05, 0.1) is 30.0 Å². The Balaban J connectivity index is 0.844. The Bertz CT molecular complexity index is 3650. The molecule has 0 saturated heterocycles. The summed E-state index contributed by atoms with van der Waals surface area (Å²) in [5.74, 6) is -3.79. The molecule has 8 N–H and O–H groups in total. The number of phenolic OH excluding ortho intramolecular Hbond substituents is 1. The van der Waals surface area contributed by atoms with E-state index < -0.39 is 71.6 Å². The number of carbonyl (C=O) groups is 10. The molecule has 8 rings (SSSR count). The molecule has 0 bridgehead atoms. The summed E-state index contributed by atoms with van der Waals surface area (Å²) in [6.07, 6.45) is 1.50. The lowest BCUT2D eigenvalue weighted by molar-refractivity contribution is -0.137. The number of urea groups is 1. The van der Waals surface area contributed by atoms with Gasteiger partial charge in [-0.25, -0.2) is 24.2 Å². The van der Waals surface area contributed by atoms with Crippen molar-refractivity contribution in [1.29, 1.82) is 0 Å². The molecular formula is C61H66ClN11O14. The number of Topliss-reactive ketones (excluding diaryl/α,β-unsaturated/α-hetero) is 1. The molecule has 25 nitrogen and oxygen atoms in total. The van der Waals surface area contributed by atoms with Crippen LogP contribution in [0.5, 0.6) is 11.5 Å². The van der Waals surface area contributed by atoms with Gasteiger partial charge in [-0.1, -0.05) is 44.2 Å². The molecule has 3 atom stereocenters. The van der Waals surface area contributed by atoms with E-state index >= 15 is 0 Å². The number of imide groups is 1. The van der Waals surface area contributed by atoms with E-state index in [1.54, 1.807) is 61.2 Å². The van der Waals surface area contributed by atoms with Crippen molar-refractivity contribution in [2.45, 2.75) is 58.6 Å². The summed E-state index contributed by atoms with van der Waals surface area (Å²) in [6, 6.07) is 21.0.